The largest absolute Gasteiger partial charge is 0.352 e. The summed E-state index contributed by atoms with van der Waals surface area (Å²) < 4.78 is 13.4. The van der Waals surface area contributed by atoms with Gasteiger partial charge in [-0.1, -0.05) is 85.5 Å². The van der Waals surface area contributed by atoms with Crippen LogP contribution < -0.4 is 5.32 Å². The van der Waals surface area contributed by atoms with Gasteiger partial charge < -0.3 is 10.2 Å². The van der Waals surface area contributed by atoms with Crippen molar-refractivity contribution in [1.29, 1.82) is 0 Å². The lowest BCUT2D eigenvalue weighted by atomic mass is 9.94. The van der Waals surface area contributed by atoms with Crippen LogP contribution in [0.3, 0.4) is 0 Å². The topological polar surface area (TPSA) is 49.4 Å². The van der Waals surface area contributed by atoms with Gasteiger partial charge >= 0.3 is 0 Å². The van der Waals surface area contributed by atoms with Gasteiger partial charge in [-0.05, 0) is 53.8 Å². The first-order valence-electron chi connectivity index (χ1n) is 12.6. The lowest BCUT2D eigenvalue weighted by molar-refractivity contribution is -0.141. The molecule has 0 radical (unpaired) electrons. The van der Waals surface area contributed by atoms with E-state index in [1.54, 1.807) is 23.1 Å². The minimum atomic E-state index is -0.693. The van der Waals surface area contributed by atoms with Gasteiger partial charge in [-0.15, -0.1) is 0 Å². The van der Waals surface area contributed by atoms with Gasteiger partial charge in [0.15, 0.2) is 0 Å². The van der Waals surface area contributed by atoms with Crippen LogP contribution in [0, 0.1) is 5.82 Å². The van der Waals surface area contributed by atoms with Crippen molar-refractivity contribution in [3.05, 3.63) is 106 Å². The van der Waals surface area contributed by atoms with E-state index in [1.165, 1.54) is 18.6 Å². The standard InChI is InChI=1S/C30H32ClFN2O2/c31-25-11-7-10-24(18-25)21-34(29(35)20-23-14-16-26(32)17-15-23)28(19-22-8-3-1-4-9-22)30(36)33-27-12-5-2-6-13-27/h1,3-4,7-11,14-18,27-28H,2,5-6,12-13,19-21H2,(H,33,36)/t28-/m0/s1. The highest BCUT2D eigenvalue weighted by atomic mass is 35.5. The third kappa shape index (κ3) is 7.41. The summed E-state index contributed by atoms with van der Waals surface area (Å²) in [4.78, 5) is 29.1. The molecule has 3 aromatic rings. The highest BCUT2D eigenvalue weighted by molar-refractivity contribution is 6.30. The van der Waals surface area contributed by atoms with Crippen LogP contribution in [-0.4, -0.2) is 28.8 Å². The zero-order valence-corrected chi connectivity index (χ0v) is 21.1. The normalized spacial score (nSPS) is 14.7. The summed E-state index contributed by atoms with van der Waals surface area (Å²) in [7, 11) is 0. The Labute approximate surface area is 217 Å². The molecule has 1 fully saturated rings. The number of rotatable bonds is 9. The molecule has 6 heteroatoms. The number of nitrogens with zero attached hydrogens (tertiary/aromatic N) is 1. The molecule has 0 heterocycles. The molecular formula is C30H32ClFN2O2. The van der Waals surface area contributed by atoms with Crippen LogP contribution in [0.15, 0.2) is 78.9 Å². The van der Waals surface area contributed by atoms with Crippen LogP contribution in [0.25, 0.3) is 0 Å². The van der Waals surface area contributed by atoms with E-state index in [0.29, 0.717) is 17.0 Å². The fraction of sp³-hybridized carbons (Fsp3) is 0.333. The van der Waals surface area contributed by atoms with Crippen molar-refractivity contribution < 1.29 is 14.0 Å². The fourth-order valence-electron chi connectivity index (χ4n) is 4.81. The van der Waals surface area contributed by atoms with E-state index in [2.05, 4.69) is 5.32 Å². The summed E-state index contributed by atoms with van der Waals surface area (Å²) in [5.41, 5.74) is 2.52. The van der Waals surface area contributed by atoms with Crippen LogP contribution in [-0.2, 0) is 29.0 Å². The number of carbonyl (C=O) groups is 2. The summed E-state index contributed by atoms with van der Waals surface area (Å²) >= 11 is 6.23. The number of carbonyl (C=O) groups excluding carboxylic acids is 2. The molecule has 1 aliphatic carbocycles. The van der Waals surface area contributed by atoms with Gasteiger partial charge in [0, 0.05) is 24.0 Å². The highest BCUT2D eigenvalue weighted by Gasteiger charge is 2.32. The second kappa shape index (κ2) is 12.7. The number of hydrogen-bond acceptors (Lipinski definition) is 2. The highest BCUT2D eigenvalue weighted by Crippen LogP contribution is 2.21. The van der Waals surface area contributed by atoms with Crippen LogP contribution in [0.5, 0.6) is 0 Å². The molecule has 0 spiro atoms. The molecule has 1 N–H and O–H groups in total. The number of benzene rings is 3. The minimum Gasteiger partial charge on any atom is -0.352 e. The molecule has 3 aromatic carbocycles. The molecule has 0 bridgehead atoms. The summed E-state index contributed by atoms with van der Waals surface area (Å²) in [6.45, 7) is 0.246. The Balaban J connectivity index is 1.65. The molecule has 0 aromatic heterocycles. The molecule has 0 unspecified atom stereocenters. The first kappa shape index (κ1) is 25.9. The van der Waals surface area contributed by atoms with E-state index < -0.39 is 6.04 Å². The van der Waals surface area contributed by atoms with Gasteiger partial charge in [-0.2, -0.15) is 0 Å². The monoisotopic (exact) mass is 506 g/mol. The molecule has 188 valence electrons. The molecule has 4 nitrogen and oxygen atoms in total. The third-order valence-corrected chi connectivity index (χ3v) is 6.97. The summed E-state index contributed by atoms with van der Waals surface area (Å²) in [5.74, 6) is -0.683. The Morgan fingerprint density at radius 1 is 0.889 bits per heavy atom. The zero-order valence-electron chi connectivity index (χ0n) is 20.3. The first-order valence-corrected chi connectivity index (χ1v) is 13.0. The van der Waals surface area contributed by atoms with Crippen molar-refractivity contribution in [1.82, 2.24) is 10.2 Å². The first-order chi connectivity index (χ1) is 17.5. The maximum Gasteiger partial charge on any atom is 0.243 e. The predicted octanol–water partition coefficient (Wildman–Crippen LogP) is 6.11. The van der Waals surface area contributed by atoms with Crippen LogP contribution in [0.4, 0.5) is 4.39 Å². The zero-order chi connectivity index (χ0) is 25.3. The van der Waals surface area contributed by atoms with Gasteiger partial charge in [-0.3, -0.25) is 9.59 Å². The molecule has 0 saturated heterocycles. The van der Waals surface area contributed by atoms with Crippen molar-refractivity contribution in [2.24, 2.45) is 0 Å². The van der Waals surface area contributed by atoms with Gasteiger partial charge in [0.05, 0.1) is 6.42 Å². The van der Waals surface area contributed by atoms with Crippen molar-refractivity contribution in [2.45, 2.75) is 63.6 Å². The van der Waals surface area contributed by atoms with Crippen molar-refractivity contribution >= 4 is 23.4 Å². The second-order valence-electron chi connectivity index (χ2n) is 9.50. The number of amides is 2. The van der Waals surface area contributed by atoms with Gasteiger partial charge in [0.1, 0.15) is 11.9 Å². The summed E-state index contributed by atoms with van der Waals surface area (Å²) in [5, 5.41) is 3.81. The molecule has 1 saturated carbocycles. The van der Waals surface area contributed by atoms with Crippen molar-refractivity contribution in [3.8, 4) is 0 Å². The molecule has 2 amide bonds. The number of nitrogens with one attached hydrogen (secondary N) is 1. The smallest absolute Gasteiger partial charge is 0.243 e. The molecule has 0 aliphatic heterocycles. The maximum absolute atomic E-state index is 13.7. The summed E-state index contributed by atoms with van der Waals surface area (Å²) in [6.07, 6.45) is 5.78. The second-order valence-corrected chi connectivity index (χ2v) is 9.94. The Kier molecular flexibility index (Phi) is 9.12. The van der Waals surface area contributed by atoms with Crippen LogP contribution >= 0.6 is 11.6 Å². The van der Waals surface area contributed by atoms with Crippen molar-refractivity contribution in [2.75, 3.05) is 0 Å². The predicted molar refractivity (Wildman–Crippen MR) is 141 cm³/mol. The Morgan fingerprint density at radius 3 is 2.28 bits per heavy atom. The Morgan fingerprint density at radius 2 is 1.58 bits per heavy atom. The molecule has 1 atom stereocenters. The minimum absolute atomic E-state index is 0.0723. The van der Waals surface area contributed by atoms with Crippen LogP contribution in [0.1, 0.15) is 48.8 Å². The van der Waals surface area contributed by atoms with E-state index in [4.69, 9.17) is 11.6 Å². The Bertz CT molecular complexity index is 1150. The van der Waals surface area contributed by atoms with E-state index in [1.807, 2.05) is 48.5 Å². The van der Waals surface area contributed by atoms with Gasteiger partial charge in [0.25, 0.3) is 0 Å². The molecule has 1 aliphatic rings. The SMILES string of the molecule is O=C(NC1CCCCC1)[C@H](Cc1ccccc1)N(Cc1cccc(Cl)c1)C(=O)Cc1ccc(F)cc1. The number of hydrogen-bond donors (Lipinski definition) is 1. The summed E-state index contributed by atoms with van der Waals surface area (Å²) in [6, 6.07) is 22.5. The molecule has 36 heavy (non-hydrogen) atoms. The quantitative estimate of drug-likeness (QED) is 0.380. The van der Waals surface area contributed by atoms with E-state index in [-0.39, 0.29) is 36.6 Å². The average molecular weight is 507 g/mol. The maximum atomic E-state index is 13.7. The lowest BCUT2D eigenvalue weighted by Crippen LogP contribution is -2.53. The van der Waals surface area contributed by atoms with Gasteiger partial charge in [-0.25, -0.2) is 4.39 Å². The van der Waals surface area contributed by atoms with Crippen molar-refractivity contribution in [3.63, 3.8) is 0 Å². The lowest BCUT2D eigenvalue weighted by Gasteiger charge is -2.33. The van der Waals surface area contributed by atoms with Gasteiger partial charge in [0.2, 0.25) is 11.8 Å². The fourth-order valence-corrected chi connectivity index (χ4v) is 5.02. The molecule has 4 rings (SSSR count). The number of halogens is 2. The Hall–Kier alpha value is -3.18. The molecular weight excluding hydrogens is 475 g/mol. The van der Waals surface area contributed by atoms with E-state index in [0.717, 1.165) is 36.8 Å². The third-order valence-electron chi connectivity index (χ3n) is 6.73. The van der Waals surface area contributed by atoms with E-state index >= 15 is 0 Å². The average Bonchev–Trinajstić information content (AvgIpc) is 2.88. The van der Waals surface area contributed by atoms with E-state index in [9.17, 15) is 14.0 Å². The van der Waals surface area contributed by atoms with Crippen LogP contribution in [0.2, 0.25) is 5.02 Å².